The molecule has 0 unspecified atom stereocenters. The lowest BCUT2D eigenvalue weighted by molar-refractivity contribution is -0.144. The van der Waals surface area contributed by atoms with Crippen molar-refractivity contribution >= 4 is 12.0 Å². The first-order valence-electron chi connectivity index (χ1n) is 4.60. The predicted molar refractivity (Wildman–Crippen MR) is 57.1 cm³/mol. The number of benzene rings is 1. The average Bonchev–Trinajstić information content (AvgIpc) is 2.26. The molecule has 1 aromatic rings. The van der Waals surface area contributed by atoms with Crippen LogP contribution in [0.15, 0.2) is 30.3 Å². The Bertz CT molecular complexity index is 354. The molecule has 0 radical (unpaired) electrons. The van der Waals surface area contributed by atoms with E-state index in [9.17, 15) is 9.18 Å². The van der Waals surface area contributed by atoms with Gasteiger partial charge in [-0.05, 0) is 18.6 Å². The van der Waals surface area contributed by atoms with E-state index >= 15 is 0 Å². The molecule has 0 aliphatic carbocycles. The van der Waals surface area contributed by atoms with Crippen LogP contribution < -0.4 is 0 Å². The lowest BCUT2D eigenvalue weighted by Gasteiger charge is -1.99. The van der Waals surface area contributed by atoms with Crippen molar-refractivity contribution in [2.24, 2.45) is 0 Å². The molecule has 0 aliphatic rings. The molecule has 15 heavy (non-hydrogen) atoms. The summed E-state index contributed by atoms with van der Waals surface area (Å²) < 4.78 is 17.3. The number of alkyl halides is 1. The molecular weight excluding hydrogens is 195 g/mol. The third-order valence-corrected chi connectivity index (χ3v) is 1.96. The fourth-order valence-electron chi connectivity index (χ4n) is 1.06. The molecule has 0 spiro atoms. The van der Waals surface area contributed by atoms with E-state index in [1.54, 1.807) is 6.08 Å². The van der Waals surface area contributed by atoms with Gasteiger partial charge in [0.15, 0.2) is 0 Å². The number of ether oxygens (including phenoxy) is 1. The molecule has 0 bridgehead atoms. The number of carbonyl (C=O) groups excluding carboxylic acids is 1. The normalized spacial score (nSPS) is 12.7. The van der Waals surface area contributed by atoms with Crippen molar-refractivity contribution in [3.8, 4) is 0 Å². The van der Waals surface area contributed by atoms with Crippen LogP contribution in [0, 0.1) is 6.92 Å². The zero-order valence-corrected chi connectivity index (χ0v) is 8.74. The highest BCUT2D eigenvalue weighted by molar-refractivity contribution is 5.78. The second-order valence-corrected chi connectivity index (χ2v) is 3.19. The van der Waals surface area contributed by atoms with Gasteiger partial charge in [-0.1, -0.05) is 35.9 Å². The molecule has 0 aromatic heterocycles. The number of hydrogen-bond donors (Lipinski definition) is 0. The number of aryl methyl sites for hydroxylation is 1. The van der Waals surface area contributed by atoms with Gasteiger partial charge in [0.05, 0.1) is 7.11 Å². The van der Waals surface area contributed by atoms with E-state index in [0.717, 1.165) is 18.2 Å². The van der Waals surface area contributed by atoms with Crippen molar-refractivity contribution in [1.29, 1.82) is 0 Å². The lowest BCUT2D eigenvalue weighted by Crippen LogP contribution is -2.13. The largest absolute Gasteiger partial charge is 0.467 e. The molecule has 2 nitrogen and oxygen atoms in total. The zero-order valence-electron chi connectivity index (χ0n) is 8.74. The molecular formula is C12H13FO2. The smallest absolute Gasteiger partial charge is 0.344 e. The number of carbonyl (C=O) groups is 1. The zero-order chi connectivity index (χ0) is 11.3. The first-order valence-corrected chi connectivity index (χ1v) is 4.60. The van der Waals surface area contributed by atoms with Crippen LogP contribution >= 0.6 is 0 Å². The molecule has 3 heteroatoms. The van der Waals surface area contributed by atoms with Crippen LogP contribution in [0.1, 0.15) is 11.1 Å². The summed E-state index contributed by atoms with van der Waals surface area (Å²) >= 11 is 0. The number of esters is 1. The monoisotopic (exact) mass is 208 g/mol. The Morgan fingerprint density at radius 1 is 1.40 bits per heavy atom. The average molecular weight is 208 g/mol. The highest BCUT2D eigenvalue weighted by atomic mass is 19.1. The van der Waals surface area contributed by atoms with Crippen molar-refractivity contribution < 1.29 is 13.9 Å². The van der Waals surface area contributed by atoms with Crippen LogP contribution in [0.5, 0.6) is 0 Å². The van der Waals surface area contributed by atoms with Gasteiger partial charge < -0.3 is 4.74 Å². The minimum Gasteiger partial charge on any atom is -0.467 e. The highest BCUT2D eigenvalue weighted by Gasteiger charge is 2.12. The van der Waals surface area contributed by atoms with Gasteiger partial charge in [-0.3, -0.25) is 0 Å². The summed E-state index contributed by atoms with van der Waals surface area (Å²) in [6.07, 6.45) is 1.04. The minimum absolute atomic E-state index is 0.854. The summed E-state index contributed by atoms with van der Waals surface area (Å²) in [6, 6.07) is 7.56. The van der Waals surface area contributed by atoms with Gasteiger partial charge in [0.1, 0.15) is 0 Å². The van der Waals surface area contributed by atoms with E-state index < -0.39 is 12.1 Å². The van der Waals surface area contributed by atoms with Crippen LogP contribution in [-0.2, 0) is 9.53 Å². The minimum atomic E-state index is -1.70. The van der Waals surface area contributed by atoms with Gasteiger partial charge in [0, 0.05) is 0 Å². The summed E-state index contributed by atoms with van der Waals surface area (Å²) in [7, 11) is 1.16. The molecule has 0 amide bonds. The number of rotatable bonds is 3. The topological polar surface area (TPSA) is 26.3 Å². The Hall–Kier alpha value is -1.64. The van der Waals surface area contributed by atoms with Crippen molar-refractivity contribution in [1.82, 2.24) is 0 Å². The van der Waals surface area contributed by atoms with E-state index in [0.29, 0.717) is 0 Å². The van der Waals surface area contributed by atoms with Gasteiger partial charge in [-0.2, -0.15) is 0 Å². The first kappa shape index (κ1) is 11.4. The third-order valence-electron chi connectivity index (χ3n) is 1.96. The Morgan fingerprint density at radius 2 is 2.00 bits per heavy atom. The second kappa shape index (κ2) is 5.29. The Balaban J connectivity index is 2.65. The van der Waals surface area contributed by atoms with Gasteiger partial charge in [-0.25, -0.2) is 9.18 Å². The summed E-state index contributed by atoms with van der Waals surface area (Å²) in [6.45, 7) is 1.97. The Kier molecular flexibility index (Phi) is 4.03. The standard InChI is InChI=1S/C12H13FO2/c1-9-3-5-10(6-4-9)7-8-11(13)12(14)15-2/h3-8,11H,1-2H3/b8-7+/t11-/m1/s1. The summed E-state index contributed by atoms with van der Waals surface area (Å²) in [5, 5.41) is 0. The van der Waals surface area contributed by atoms with E-state index in [1.807, 2.05) is 31.2 Å². The van der Waals surface area contributed by atoms with Crippen molar-refractivity contribution in [2.75, 3.05) is 7.11 Å². The molecule has 0 saturated carbocycles. The van der Waals surface area contributed by atoms with Crippen LogP contribution in [0.3, 0.4) is 0 Å². The van der Waals surface area contributed by atoms with Gasteiger partial charge in [0.25, 0.3) is 0 Å². The molecule has 0 fully saturated rings. The Labute approximate surface area is 88.4 Å². The van der Waals surface area contributed by atoms with E-state index in [-0.39, 0.29) is 0 Å². The molecule has 0 heterocycles. The quantitative estimate of drug-likeness (QED) is 0.713. The Morgan fingerprint density at radius 3 is 2.53 bits per heavy atom. The maximum absolute atomic E-state index is 13.0. The van der Waals surface area contributed by atoms with Crippen molar-refractivity contribution in [3.05, 3.63) is 41.5 Å². The molecule has 1 aromatic carbocycles. The van der Waals surface area contributed by atoms with Crippen molar-refractivity contribution in [2.45, 2.75) is 13.1 Å². The number of halogens is 1. The number of methoxy groups -OCH3 is 1. The van der Waals surface area contributed by atoms with E-state index in [4.69, 9.17) is 0 Å². The summed E-state index contributed by atoms with van der Waals surface area (Å²) in [5.74, 6) is -0.877. The fraction of sp³-hybridized carbons (Fsp3) is 0.250. The molecule has 0 saturated heterocycles. The summed E-state index contributed by atoms with van der Waals surface area (Å²) in [5.41, 5.74) is 1.99. The maximum Gasteiger partial charge on any atom is 0.344 e. The lowest BCUT2D eigenvalue weighted by atomic mass is 10.1. The van der Waals surface area contributed by atoms with Gasteiger partial charge in [0.2, 0.25) is 6.17 Å². The molecule has 0 aliphatic heterocycles. The second-order valence-electron chi connectivity index (χ2n) is 3.19. The van der Waals surface area contributed by atoms with Crippen molar-refractivity contribution in [3.63, 3.8) is 0 Å². The van der Waals surface area contributed by atoms with Gasteiger partial charge in [-0.15, -0.1) is 0 Å². The van der Waals surface area contributed by atoms with Crippen LogP contribution in [-0.4, -0.2) is 19.3 Å². The molecule has 1 rings (SSSR count). The van der Waals surface area contributed by atoms with Crippen LogP contribution in [0.25, 0.3) is 6.08 Å². The van der Waals surface area contributed by atoms with E-state index in [1.165, 1.54) is 6.08 Å². The van der Waals surface area contributed by atoms with Crippen LogP contribution in [0.2, 0.25) is 0 Å². The molecule has 80 valence electrons. The number of hydrogen-bond acceptors (Lipinski definition) is 2. The predicted octanol–water partition coefficient (Wildman–Crippen LogP) is 2.52. The SMILES string of the molecule is COC(=O)[C@H](F)/C=C/c1ccc(C)cc1. The maximum atomic E-state index is 13.0. The fourth-order valence-corrected chi connectivity index (χ4v) is 1.06. The molecule has 1 atom stereocenters. The van der Waals surface area contributed by atoms with Crippen LogP contribution in [0.4, 0.5) is 4.39 Å². The third kappa shape index (κ3) is 3.54. The van der Waals surface area contributed by atoms with E-state index in [2.05, 4.69) is 4.74 Å². The highest BCUT2D eigenvalue weighted by Crippen LogP contribution is 2.07. The summed E-state index contributed by atoms with van der Waals surface area (Å²) in [4.78, 5) is 10.7. The first-order chi connectivity index (χ1) is 7.13. The van der Waals surface area contributed by atoms with Gasteiger partial charge >= 0.3 is 5.97 Å². The molecule has 0 N–H and O–H groups in total.